The third kappa shape index (κ3) is 5.35. The van der Waals surface area contributed by atoms with Crippen LogP contribution < -0.4 is 15.6 Å². The number of anilines is 1. The zero-order valence-corrected chi connectivity index (χ0v) is 17.5. The smallest absolute Gasteiger partial charge is 0.354 e. The van der Waals surface area contributed by atoms with Crippen LogP contribution in [0.5, 0.6) is 0 Å². The average Bonchev–Trinajstić information content (AvgIpc) is 3.22. The predicted octanol–water partition coefficient (Wildman–Crippen LogP) is 0.511. The molecule has 3 rings (SSSR count). The number of hydrazone groups is 1. The van der Waals surface area contributed by atoms with E-state index in [-0.39, 0.29) is 36.6 Å². The van der Waals surface area contributed by atoms with E-state index in [1.165, 1.54) is 0 Å². The molecule has 1 aromatic rings. The van der Waals surface area contributed by atoms with Crippen LogP contribution in [0.1, 0.15) is 26.2 Å². The van der Waals surface area contributed by atoms with Gasteiger partial charge in [0.25, 0.3) is 0 Å². The summed E-state index contributed by atoms with van der Waals surface area (Å²) in [4.78, 5) is 38.9. The number of carbonyl (C=O) groups excluding carboxylic acids is 3. The highest BCUT2D eigenvalue weighted by atomic mass is 16.5. The van der Waals surface area contributed by atoms with Crippen molar-refractivity contribution in [3.63, 3.8) is 0 Å². The minimum absolute atomic E-state index is 0.00872. The number of esters is 1. The third-order valence-corrected chi connectivity index (χ3v) is 5.32. The van der Waals surface area contributed by atoms with Crippen molar-refractivity contribution < 1.29 is 19.1 Å². The Kier molecular flexibility index (Phi) is 7.40. The van der Waals surface area contributed by atoms with Crippen LogP contribution in [0.25, 0.3) is 0 Å². The van der Waals surface area contributed by atoms with E-state index in [1.807, 2.05) is 30.3 Å². The second-order valence-corrected chi connectivity index (χ2v) is 7.40. The zero-order chi connectivity index (χ0) is 21.5. The lowest BCUT2D eigenvalue weighted by Gasteiger charge is -2.33. The summed E-state index contributed by atoms with van der Waals surface area (Å²) in [5, 5.41) is 11.7. The van der Waals surface area contributed by atoms with Gasteiger partial charge in [0.1, 0.15) is 11.8 Å². The summed E-state index contributed by atoms with van der Waals surface area (Å²) < 4.78 is 5.07. The van der Waals surface area contributed by atoms with Gasteiger partial charge in [0.15, 0.2) is 0 Å². The zero-order valence-electron chi connectivity index (χ0n) is 17.5. The number of ether oxygens (including phenoxy) is 1. The lowest BCUT2D eigenvalue weighted by molar-refractivity contribution is -0.135. The Bertz CT molecular complexity index is 790. The Labute approximate surface area is 176 Å². The summed E-state index contributed by atoms with van der Waals surface area (Å²) in [5.74, 6) is -0.659. The maximum Gasteiger partial charge on any atom is 0.354 e. The van der Waals surface area contributed by atoms with Gasteiger partial charge < -0.3 is 15.4 Å². The molecule has 1 unspecified atom stereocenters. The molecule has 30 heavy (non-hydrogen) atoms. The molecule has 1 fully saturated rings. The second-order valence-electron chi connectivity index (χ2n) is 7.40. The summed E-state index contributed by atoms with van der Waals surface area (Å²) >= 11 is 0. The summed E-state index contributed by atoms with van der Waals surface area (Å²) in [6.07, 6.45) is 1.74. The molecule has 0 aliphatic carbocycles. The molecule has 1 aromatic carbocycles. The van der Waals surface area contributed by atoms with E-state index in [4.69, 9.17) is 4.74 Å². The van der Waals surface area contributed by atoms with Gasteiger partial charge in [0.2, 0.25) is 11.8 Å². The molecule has 0 saturated carbocycles. The van der Waals surface area contributed by atoms with Gasteiger partial charge in [0, 0.05) is 32.6 Å². The Morgan fingerprint density at radius 1 is 1.17 bits per heavy atom. The standard InChI is InChI=1S/C21H29N5O4/c1-3-30-21(29)17-13-18(26(24-17)16-7-5-4-6-8-16)20(28)23-15-9-11-25(12-10-15)14-19(27)22-2/h4-8,15,18H,3,9-14H2,1-2H3,(H,22,27)(H,23,28). The molecule has 162 valence electrons. The molecule has 0 bridgehead atoms. The number of benzene rings is 1. The molecule has 0 spiro atoms. The number of rotatable bonds is 7. The van der Waals surface area contributed by atoms with Gasteiger partial charge >= 0.3 is 5.97 Å². The minimum Gasteiger partial charge on any atom is -0.461 e. The summed E-state index contributed by atoms with van der Waals surface area (Å²) in [7, 11) is 1.63. The van der Waals surface area contributed by atoms with Crippen LogP contribution in [0, 0.1) is 0 Å². The average molecular weight is 415 g/mol. The van der Waals surface area contributed by atoms with Crippen LogP contribution in [0.4, 0.5) is 5.69 Å². The number of piperidine rings is 1. The minimum atomic E-state index is -0.601. The highest BCUT2D eigenvalue weighted by Crippen LogP contribution is 2.25. The lowest BCUT2D eigenvalue weighted by Crippen LogP contribution is -2.51. The van der Waals surface area contributed by atoms with Crippen LogP contribution in [0.3, 0.4) is 0 Å². The van der Waals surface area contributed by atoms with Crippen molar-refractivity contribution in [3.8, 4) is 0 Å². The van der Waals surface area contributed by atoms with Gasteiger partial charge in [-0.25, -0.2) is 4.79 Å². The molecule has 0 aromatic heterocycles. The number of carbonyl (C=O) groups is 3. The van der Waals surface area contributed by atoms with Crippen molar-refractivity contribution >= 4 is 29.2 Å². The number of hydrogen-bond acceptors (Lipinski definition) is 7. The number of para-hydroxylation sites is 1. The number of nitrogens with one attached hydrogen (secondary N) is 2. The first-order valence-corrected chi connectivity index (χ1v) is 10.3. The Morgan fingerprint density at radius 2 is 1.87 bits per heavy atom. The monoisotopic (exact) mass is 415 g/mol. The topological polar surface area (TPSA) is 103 Å². The normalized spacial score (nSPS) is 19.9. The highest BCUT2D eigenvalue weighted by molar-refractivity contribution is 6.38. The molecular formula is C21H29N5O4. The molecule has 2 aliphatic rings. The number of amides is 2. The van der Waals surface area contributed by atoms with E-state index in [0.717, 1.165) is 31.6 Å². The van der Waals surface area contributed by atoms with Crippen molar-refractivity contribution in [1.29, 1.82) is 0 Å². The molecule has 0 radical (unpaired) electrons. The number of nitrogens with zero attached hydrogens (tertiary/aromatic N) is 3. The van der Waals surface area contributed by atoms with Crippen LogP contribution in [-0.4, -0.2) is 73.8 Å². The first-order chi connectivity index (χ1) is 14.5. The van der Waals surface area contributed by atoms with Crippen LogP contribution in [0.15, 0.2) is 35.4 Å². The molecule has 2 heterocycles. The van der Waals surface area contributed by atoms with Crippen LogP contribution >= 0.6 is 0 Å². The van der Waals surface area contributed by atoms with Crippen molar-refractivity contribution in [2.75, 3.05) is 38.3 Å². The lowest BCUT2D eigenvalue weighted by atomic mass is 10.0. The van der Waals surface area contributed by atoms with E-state index in [9.17, 15) is 14.4 Å². The molecule has 1 atom stereocenters. The van der Waals surface area contributed by atoms with Crippen LogP contribution in [0.2, 0.25) is 0 Å². The Morgan fingerprint density at radius 3 is 2.50 bits per heavy atom. The Balaban J connectivity index is 1.63. The molecule has 2 aliphatic heterocycles. The van der Waals surface area contributed by atoms with Gasteiger partial charge in [-0.2, -0.15) is 5.10 Å². The van der Waals surface area contributed by atoms with Gasteiger partial charge in [-0.3, -0.25) is 19.5 Å². The van der Waals surface area contributed by atoms with Gasteiger partial charge in [-0.15, -0.1) is 0 Å². The SMILES string of the molecule is CCOC(=O)C1=NN(c2ccccc2)C(C(=O)NC2CCN(CC(=O)NC)CC2)C1. The number of likely N-dealkylation sites (tertiary alicyclic amines) is 1. The maximum absolute atomic E-state index is 13.1. The first-order valence-electron chi connectivity index (χ1n) is 10.3. The predicted molar refractivity (Wildman–Crippen MR) is 113 cm³/mol. The fourth-order valence-electron chi connectivity index (χ4n) is 3.69. The van der Waals surface area contributed by atoms with Crippen molar-refractivity contribution in [2.45, 2.75) is 38.3 Å². The van der Waals surface area contributed by atoms with E-state index in [2.05, 4.69) is 20.6 Å². The molecule has 1 saturated heterocycles. The largest absolute Gasteiger partial charge is 0.461 e. The van der Waals surface area contributed by atoms with E-state index in [1.54, 1.807) is 19.0 Å². The maximum atomic E-state index is 13.1. The summed E-state index contributed by atoms with van der Waals surface area (Å²) in [6.45, 7) is 3.86. The van der Waals surface area contributed by atoms with E-state index in [0.29, 0.717) is 6.54 Å². The van der Waals surface area contributed by atoms with E-state index < -0.39 is 12.0 Å². The molecule has 2 amide bonds. The van der Waals surface area contributed by atoms with Crippen LogP contribution in [-0.2, 0) is 19.1 Å². The second kappa shape index (κ2) is 10.2. The van der Waals surface area contributed by atoms with Gasteiger partial charge in [0.05, 0.1) is 18.8 Å². The molecule has 9 heteroatoms. The number of hydrogen-bond donors (Lipinski definition) is 2. The molecule has 9 nitrogen and oxygen atoms in total. The summed E-state index contributed by atoms with van der Waals surface area (Å²) in [6, 6.07) is 8.76. The van der Waals surface area contributed by atoms with Crippen molar-refractivity contribution in [3.05, 3.63) is 30.3 Å². The third-order valence-electron chi connectivity index (χ3n) is 5.32. The van der Waals surface area contributed by atoms with Gasteiger partial charge in [-0.05, 0) is 31.9 Å². The van der Waals surface area contributed by atoms with Crippen molar-refractivity contribution in [2.24, 2.45) is 5.10 Å². The summed E-state index contributed by atoms with van der Waals surface area (Å²) in [5.41, 5.74) is 0.999. The van der Waals surface area contributed by atoms with Gasteiger partial charge in [-0.1, -0.05) is 18.2 Å². The quantitative estimate of drug-likeness (QED) is 0.629. The fourth-order valence-corrected chi connectivity index (χ4v) is 3.69. The van der Waals surface area contributed by atoms with E-state index >= 15 is 0 Å². The molecule has 2 N–H and O–H groups in total. The van der Waals surface area contributed by atoms with Crippen molar-refractivity contribution in [1.82, 2.24) is 15.5 Å². The first kappa shape index (κ1) is 21.8. The Hall–Kier alpha value is -2.94. The number of likely N-dealkylation sites (N-methyl/N-ethyl adjacent to an activating group) is 1. The highest BCUT2D eigenvalue weighted by Gasteiger charge is 2.37. The molecular weight excluding hydrogens is 386 g/mol. The fraction of sp³-hybridized carbons (Fsp3) is 0.524.